The van der Waals surface area contributed by atoms with Gasteiger partial charge in [0.15, 0.2) is 0 Å². The van der Waals surface area contributed by atoms with Gasteiger partial charge in [0.05, 0.1) is 6.04 Å². The minimum atomic E-state index is 0.0350. The van der Waals surface area contributed by atoms with E-state index >= 15 is 0 Å². The fourth-order valence-corrected chi connectivity index (χ4v) is 2.61. The number of ether oxygens (including phenoxy) is 1. The Morgan fingerprint density at radius 3 is 2.76 bits per heavy atom. The minimum Gasteiger partial charge on any atom is -0.462 e. The van der Waals surface area contributed by atoms with E-state index in [0.717, 1.165) is 35.1 Å². The molecule has 1 heterocycles. The van der Waals surface area contributed by atoms with Crippen LogP contribution in [0.3, 0.4) is 0 Å². The summed E-state index contributed by atoms with van der Waals surface area (Å²) in [6, 6.07) is 9.97. The highest BCUT2D eigenvalue weighted by Gasteiger charge is 2.19. The van der Waals surface area contributed by atoms with E-state index in [0.29, 0.717) is 6.61 Å². The average Bonchev–Trinajstić information content (AvgIpc) is 2.90. The van der Waals surface area contributed by atoms with Crippen LogP contribution in [0.25, 0.3) is 0 Å². The Morgan fingerprint density at radius 2 is 2.10 bits per heavy atom. The minimum absolute atomic E-state index is 0.0350. The number of aryl methyl sites for hydroxylation is 1. The van der Waals surface area contributed by atoms with E-state index in [2.05, 4.69) is 25.2 Å². The molecule has 1 N–H and O–H groups in total. The third-order valence-corrected chi connectivity index (χ3v) is 3.63. The molecule has 1 atom stereocenters. The lowest BCUT2D eigenvalue weighted by molar-refractivity contribution is 0.162. The summed E-state index contributed by atoms with van der Waals surface area (Å²) in [7, 11) is 1.67. The van der Waals surface area contributed by atoms with Crippen LogP contribution in [-0.4, -0.2) is 13.7 Å². The zero-order valence-corrected chi connectivity index (χ0v) is 13.5. The van der Waals surface area contributed by atoms with Crippen LogP contribution < -0.4 is 5.32 Å². The quantitative estimate of drug-likeness (QED) is 0.819. The van der Waals surface area contributed by atoms with Crippen LogP contribution in [0.15, 0.2) is 34.7 Å². The van der Waals surface area contributed by atoms with Gasteiger partial charge in [-0.05, 0) is 55.3 Å². The number of benzene rings is 1. The van der Waals surface area contributed by atoms with Crippen molar-refractivity contribution >= 4 is 11.6 Å². The highest BCUT2D eigenvalue weighted by atomic mass is 35.5. The maximum absolute atomic E-state index is 6.06. The molecule has 0 spiro atoms. The first-order valence-electron chi connectivity index (χ1n) is 7.22. The predicted octanol–water partition coefficient (Wildman–Crippen LogP) is 4.48. The lowest BCUT2D eigenvalue weighted by atomic mass is 9.99. The van der Waals surface area contributed by atoms with Gasteiger partial charge in [-0.15, -0.1) is 0 Å². The number of furan rings is 1. The third kappa shape index (κ3) is 4.10. The number of hydrogen-bond donors (Lipinski definition) is 1. The molecule has 0 aliphatic heterocycles. The first-order chi connectivity index (χ1) is 10.2. The van der Waals surface area contributed by atoms with Crippen molar-refractivity contribution in [3.63, 3.8) is 0 Å². The van der Waals surface area contributed by atoms with Crippen molar-refractivity contribution < 1.29 is 9.15 Å². The summed E-state index contributed by atoms with van der Waals surface area (Å²) in [5, 5.41) is 4.29. The summed E-state index contributed by atoms with van der Waals surface area (Å²) in [5.74, 6) is 1.74. The average molecular weight is 308 g/mol. The monoisotopic (exact) mass is 307 g/mol. The van der Waals surface area contributed by atoms with Crippen molar-refractivity contribution in [1.29, 1.82) is 0 Å². The molecule has 0 aliphatic carbocycles. The van der Waals surface area contributed by atoms with Crippen molar-refractivity contribution in [2.45, 2.75) is 32.9 Å². The highest BCUT2D eigenvalue weighted by molar-refractivity contribution is 6.30. The van der Waals surface area contributed by atoms with Crippen LogP contribution in [0, 0.1) is 6.92 Å². The SMILES string of the molecule is CCCNC(c1ccc(COC)o1)c1ccc(Cl)cc1C. The second-order valence-electron chi connectivity index (χ2n) is 5.13. The predicted molar refractivity (Wildman–Crippen MR) is 85.7 cm³/mol. The van der Waals surface area contributed by atoms with Gasteiger partial charge in [0.25, 0.3) is 0 Å². The zero-order valence-electron chi connectivity index (χ0n) is 12.8. The Hall–Kier alpha value is -1.29. The molecular weight excluding hydrogens is 286 g/mol. The molecule has 2 rings (SSSR count). The second-order valence-corrected chi connectivity index (χ2v) is 5.56. The number of halogens is 1. The van der Waals surface area contributed by atoms with Crippen LogP contribution in [0.2, 0.25) is 5.02 Å². The van der Waals surface area contributed by atoms with E-state index in [1.54, 1.807) is 7.11 Å². The Labute approximate surface area is 131 Å². The topological polar surface area (TPSA) is 34.4 Å². The molecule has 1 aromatic carbocycles. The van der Waals surface area contributed by atoms with Gasteiger partial charge in [-0.1, -0.05) is 24.6 Å². The van der Waals surface area contributed by atoms with Gasteiger partial charge < -0.3 is 14.5 Å². The molecule has 4 heteroatoms. The molecule has 0 aliphatic rings. The fourth-order valence-electron chi connectivity index (χ4n) is 2.38. The number of hydrogen-bond acceptors (Lipinski definition) is 3. The number of methoxy groups -OCH3 is 1. The standard InChI is InChI=1S/C17H22ClNO2/c1-4-9-19-17(15-7-5-13(18)10-12(15)2)16-8-6-14(21-16)11-20-3/h5-8,10,17,19H,4,9,11H2,1-3H3. The maximum atomic E-state index is 6.06. The van der Waals surface area contributed by atoms with Gasteiger partial charge in [-0.3, -0.25) is 0 Å². The van der Waals surface area contributed by atoms with Crippen LogP contribution in [-0.2, 0) is 11.3 Å². The summed E-state index contributed by atoms with van der Waals surface area (Å²) in [6.45, 7) is 5.63. The lowest BCUT2D eigenvalue weighted by Gasteiger charge is -2.19. The van der Waals surface area contributed by atoms with E-state index in [1.807, 2.05) is 24.3 Å². The number of rotatable bonds is 7. The second kappa shape index (κ2) is 7.64. The molecule has 0 bridgehead atoms. The van der Waals surface area contributed by atoms with Crippen molar-refractivity contribution in [2.24, 2.45) is 0 Å². The Morgan fingerprint density at radius 1 is 1.29 bits per heavy atom. The smallest absolute Gasteiger partial charge is 0.129 e. The van der Waals surface area contributed by atoms with Crippen molar-refractivity contribution in [3.8, 4) is 0 Å². The normalized spacial score (nSPS) is 12.6. The molecule has 3 nitrogen and oxygen atoms in total. The molecule has 1 unspecified atom stereocenters. The van der Waals surface area contributed by atoms with Gasteiger partial charge >= 0.3 is 0 Å². The first-order valence-corrected chi connectivity index (χ1v) is 7.60. The van der Waals surface area contributed by atoms with Gasteiger partial charge in [-0.25, -0.2) is 0 Å². The summed E-state index contributed by atoms with van der Waals surface area (Å²) in [6.07, 6.45) is 1.06. The number of nitrogens with one attached hydrogen (secondary N) is 1. The van der Waals surface area contributed by atoms with E-state index < -0.39 is 0 Å². The van der Waals surface area contributed by atoms with Gasteiger partial charge in [0.2, 0.25) is 0 Å². The molecule has 21 heavy (non-hydrogen) atoms. The summed E-state index contributed by atoms with van der Waals surface area (Å²) < 4.78 is 11.0. The fraction of sp³-hybridized carbons (Fsp3) is 0.412. The van der Waals surface area contributed by atoms with E-state index in [-0.39, 0.29) is 6.04 Å². The first kappa shape index (κ1) is 16.1. The van der Waals surface area contributed by atoms with E-state index in [4.69, 9.17) is 20.8 Å². The summed E-state index contributed by atoms with van der Waals surface area (Å²) >= 11 is 6.06. The molecule has 2 aromatic rings. The molecule has 0 amide bonds. The molecule has 1 aromatic heterocycles. The largest absolute Gasteiger partial charge is 0.462 e. The van der Waals surface area contributed by atoms with Crippen molar-refractivity contribution in [3.05, 3.63) is 58.0 Å². The Balaban J connectivity index is 2.32. The van der Waals surface area contributed by atoms with Gasteiger partial charge in [-0.2, -0.15) is 0 Å². The Kier molecular flexibility index (Phi) is 5.85. The molecule has 0 radical (unpaired) electrons. The Bertz CT molecular complexity index is 580. The van der Waals surface area contributed by atoms with E-state index in [1.165, 1.54) is 5.56 Å². The van der Waals surface area contributed by atoms with Crippen LogP contribution in [0.4, 0.5) is 0 Å². The molecule has 0 saturated carbocycles. The van der Waals surface area contributed by atoms with Gasteiger partial charge in [0.1, 0.15) is 18.1 Å². The molecule has 114 valence electrons. The van der Waals surface area contributed by atoms with Crippen LogP contribution in [0.5, 0.6) is 0 Å². The lowest BCUT2D eigenvalue weighted by Crippen LogP contribution is -2.23. The molecule has 0 saturated heterocycles. The highest BCUT2D eigenvalue weighted by Crippen LogP contribution is 2.28. The zero-order chi connectivity index (χ0) is 15.2. The van der Waals surface area contributed by atoms with Crippen LogP contribution in [0.1, 0.15) is 42.0 Å². The van der Waals surface area contributed by atoms with Crippen molar-refractivity contribution in [2.75, 3.05) is 13.7 Å². The molecular formula is C17H22ClNO2. The van der Waals surface area contributed by atoms with Gasteiger partial charge in [0, 0.05) is 12.1 Å². The molecule has 0 fully saturated rings. The summed E-state index contributed by atoms with van der Waals surface area (Å²) in [4.78, 5) is 0. The third-order valence-electron chi connectivity index (χ3n) is 3.39. The van der Waals surface area contributed by atoms with Crippen LogP contribution >= 0.6 is 11.6 Å². The maximum Gasteiger partial charge on any atom is 0.129 e. The summed E-state index contributed by atoms with van der Waals surface area (Å²) in [5.41, 5.74) is 2.34. The van der Waals surface area contributed by atoms with Crippen molar-refractivity contribution in [1.82, 2.24) is 5.32 Å². The van der Waals surface area contributed by atoms with E-state index in [9.17, 15) is 0 Å².